The first-order valence-electron chi connectivity index (χ1n) is 6.68. The van der Waals surface area contributed by atoms with Crippen molar-refractivity contribution in [2.24, 2.45) is 0 Å². The molecule has 22 heavy (non-hydrogen) atoms. The van der Waals surface area contributed by atoms with Gasteiger partial charge in [0.05, 0.1) is 0 Å². The van der Waals surface area contributed by atoms with Gasteiger partial charge in [0.1, 0.15) is 0 Å². The molecule has 0 saturated heterocycles. The van der Waals surface area contributed by atoms with Gasteiger partial charge in [0.25, 0.3) is 0 Å². The zero-order valence-electron chi connectivity index (χ0n) is 13.0. The summed E-state index contributed by atoms with van der Waals surface area (Å²) in [4.78, 5) is 21.2. The molecule has 0 fully saturated rings. The Morgan fingerprint density at radius 3 is 1.27 bits per heavy atom. The molecule has 0 aliphatic carbocycles. The van der Waals surface area contributed by atoms with Crippen molar-refractivity contribution in [1.29, 1.82) is 0 Å². The van der Waals surface area contributed by atoms with Gasteiger partial charge in [0.2, 0.25) is 0 Å². The van der Waals surface area contributed by atoms with Crippen LogP contribution in [0.25, 0.3) is 0 Å². The lowest BCUT2D eigenvalue weighted by atomic mass is 10.4. The summed E-state index contributed by atoms with van der Waals surface area (Å²) < 4.78 is 0. The topological polar surface area (TPSA) is 74.6 Å². The van der Waals surface area contributed by atoms with Crippen LogP contribution in [0.5, 0.6) is 0 Å². The number of hydrogen-bond acceptors (Lipinski definition) is 2. The molecule has 0 aliphatic heterocycles. The van der Waals surface area contributed by atoms with Crippen molar-refractivity contribution in [1.82, 2.24) is 0 Å². The summed E-state index contributed by atoms with van der Waals surface area (Å²) in [5, 5.41) is 19.4. The van der Waals surface area contributed by atoms with Crippen LogP contribution in [-0.4, -0.2) is 38.3 Å². The van der Waals surface area contributed by atoms with Gasteiger partial charge in [-0.15, -0.1) is 11.1 Å². The monoisotopic (exact) mass is 330 g/mol. The van der Waals surface area contributed by atoms with Gasteiger partial charge in [-0.2, -0.15) is 0 Å². The highest BCUT2D eigenvalue weighted by molar-refractivity contribution is 6.98. The third-order valence-electron chi connectivity index (χ3n) is 3.29. The molecule has 1 rings (SSSR count). The van der Waals surface area contributed by atoms with Gasteiger partial charge in [-0.1, -0.05) is 50.5 Å². The van der Waals surface area contributed by atoms with E-state index in [-0.39, 0.29) is 0 Å². The molecule has 0 amide bonds. The van der Waals surface area contributed by atoms with Gasteiger partial charge in [-0.05, 0) is 10.4 Å². The van der Waals surface area contributed by atoms with Gasteiger partial charge in [0.15, 0.2) is 16.1 Å². The Kier molecular flexibility index (Phi) is 5.37. The Morgan fingerprint density at radius 1 is 0.773 bits per heavy atom. The summed E-state index contributed by atoms with van der Waals surface area (Å²) in [5.74, 6) is 2.19. The number of carboxylic acids is 2. The highest BCUT2D eigenvalue weighted by Crippen LogP contribution is 2.05. The summed E-state index contributed by atoms with van der Waals surface area (Å²) in [7, 11) is -4.23. The van der Waals surface area contributed by atoms with E-state index >= 15 is 0 Å². The maximum absolute atomic E-state index is 10.6. The standard InChI is InChI=1S/C16H18O4Si2/c1-21(2,11-9-15(17)18)13-5-7-14(8-6-13)22(3,4)12-10-16(19)20/h5-8H,1-4H3,(H,17,18)(H,19,20). The van der Waals surface area contributed by atoms with Crippen molar-refractivity contribution >= 4 is 38.5 Å². The number of rotatable bonds is 2. The maximum Gasteiger partial charge on any atom is 0.381 e. The fourth-order valence-corrected chi connectivity index (χ4v) is 4.99. The smallest absolute Gasteiger partial charge is 0.381 e. The van der Waals surface area contributed by atoms with Crippen LogP contribution >= 0.6 is 0 Å². The Balaban J connectivity index is 3.11. The quantitative estimate of drug-likeness (QED) is 0.620. The highest BCUT2D eigenvalue weighted by Gasteiger charge is 2.25. The molecular weight excluding hydrogens is 312 g/mol. The molecule has 0 spiro atoms. The molecule has 0 atom stereocenters. The Labute approximate surface area is 132 Å². The van der Waals surface area contributed by atoms with E-state index in [9.17, 15) is 9.59 Å². The first kappa shape index (κ1) is 17.8. The normalized spacial score (nSPS) is 10.7. The van der Waals surface area contributed by atoms with E-state index in [0.717, 1.165) is 10.4 Å². The van der Waals surface area contributed by atoms with Crippen LogP contribution < -0.4 is 10.4 Å². The van der Waals surface area contributed by atoms with Crippen LogP contribution in [0.15, 0.2) is 24.3 Å². The molecule has 0 aliphatic rings. The van der Waals surface area contributed by atoms with Crippen LogP contribution in [0, 0.1) is 22.9 Å². The molecule has 4 nitrogen and oxygen atoms in total. The van der Waals surface area contributed by atoms with Crippen LogP contribution in [0.2, 0.25) is 26.2 Å². The second-order valence-corrected chi connectivity index (χ2v) is 14.1. The van der Waals surface area contributed by atoms with Gasteiger partial charge in [-0.3, -0.25) is 0 Å². The van der Waals surface area contributed by atoms with Crippen LogP contribution in [0.4, 0.5) is 0 Å². The molecule has 0 aromatic heterocycles. The Morgan fingerprint density at radius 2 is 1.05 bits per heavy atom. The average Bonchev–Trinajstić information content (AvgIpc) is 2.43. The molecule has 1 aromatic rings. The van der Waals surface area contributed by atoms with Gasteiger partial charge >= 0.3 is 11.9 Å². The number of carbonyl (C=O) groups is 2. The molecule has 0 bridgehead atoms. The van der Waals surface area contributed by atoms with Gasteiger partial charge in [-0.25, -0.2) is 9.59 Å². The van der Waals surface area contributed by atoms with Gasteiger partial charge < -0.3 is 10.2 Å². The first-order valence-corrected chi connectivity index (χ1v) is 12.7. The molecule has 114 valence electrons. The molecule has 0 unspecified atom stereocenters. The summed E-state index contributed by atoms with van der Waals surface area (Å²) in [6.07, 6.45) is 0. The van der Waals surface area contributed by atoms with Crippen molar-refractivity contribution in [3.05, 3.63) is 24.3 Å². The number of benzene rings is 1. The molecule has 0 saturated carbocycles. The highest BCUT2D eigenvalue weighted by atomic mass is 28.3. The van der Waals surface area contributed by atoms with E-state index in [1.54, 1.807) is 0 Å². The minimum atomic E-state index is -2.12. The van der Waals surface area contributed by atoms with E-state index in [4.69, 9.17) is 10.2 Å². The second-order valence-electron chi connectivity index (χ2n) is 5.94. The van der Waals surface area contributed by atoms with Gasteiger partial charge in [0, 0.05) is 11.8 Å². The SMILES string of the molecule is C[Si](C)(C#CC(=O)O)c1ccc([Si](C)(C)C#CC(=O)O)cc1. The van der Waals surface area contributed by atoms with Crippen molar-refractivity contribution in [3.63, 3.8) is 0 Å². The lowest BCUT2D eigenvalue weighted by Gasteiger charge is -2.19. The molecule has 1 aromatic carbocycles. The van der Waals surface area contributed by atoms with E-state index in [1.807, 2.05) is 50.5 Å². The van der Waals surface area contributed by atoms with Crippen molar-refractivity contribution in [2.75, 3.05) is 0 Å². The summed E-state index contributed by atoms with van der Waals surface area (Å²) in [6, 6.07) is 7.81. The molecular formula is C16H18O4Si2. The van der Waals surface area contributed by atoms with E-state index in [2.05, 4.69) is 22.9 Å². The summed E-state index contributed by atoms with van der Waals surface area (Å²) in [6.45, 7) is 7.96. The minimum absolute atomic E-state index is 1.04. The molecule has 0 radical (unpaired) electrons. The molecule has 2 N–H and O–H groups in total. The Hall–Kier alpha value is -2.29. The average molecular weight is 330 g/mol. The Bertz CT molecular complexity index is 647. The lowest BCUT2D eigenvalue weighted by Crippen LogP contribution is -2.44. The summed E-state index contributed by atoms with van der Waals surface area (Å²) >= 11 is 0. The van der Waals surface area contributed by atoms with Crippen LogP contribution in [-0.2, 0) is 9.59 Å². The second kappa shape index (κ2) is 6.65. The third-order valence-corrected chi connectivity index (χ3v) is 8.35. The zero-order chi connectivity index (χ0) is 17.0. The van der Waals surface area contributed by atoms with Crippen molar-refractivity contribution < 1.29 is 19.8 Å². The number of carboxylic acid groups (broad SMARTS) is 2. The first-order chi connectivity index (χ1) is 10.0. The minimum Gasteiger partial charge on any atom is -0.472 e. The van der Waals surface area contributed by atoms with Crippen LogP contribution in [0.1, 0.15) is 0 Å². The van der Waals surface area contributed by atoms with Crippen molar-refractivity contribution in [3.8, 4) is 22.9 Å². The summed E-state index contributed by atoms with van der Waals surface area (Å²) in [5.41, 5.74) is 5.74. The number of aliphatic carboxylic acids is 2. The fraction of sp³-hybridized carbons (Fsp3) is 0.250. The van der Waals surface area contributed by atoms with Crippen LogP contribution in [0.3, 0.4) is 0 Å². The fourth-order valence-electron chi connectivity index (χ4n) is 1.87. The predicted octanol–water partition coefficient (Wildman–Crippen LogP) is 0.772. The third kappa shape index (κ3) is 4.92. The maximum atomic E-state index is 10.6. The van der Waals surface area contributed by atoms with E-state index < -0.39 is 28.1 Å². The predicted molar refractivity (Wildman–Crippen MR) is 91.5 cm³/mol. The van der Waals surface area contributed by atoms with Crippen molar-refractivity contribution in [2.45, 2.75) is 26.2 Å². The van der Waals surface area contributed by atoms with E-state index in [0.29, 0.717) is 0 Å². The molecule has 0 heterocycles. The van der Waals surface area contributed by atoms with E-state index in [1.165, 1.54) is 0 Å². The number of hydrogen-bond donors (Lipinski definition) is 2. The largest absolute Gasteiger partial charge is 0.472 e. The molecule has 6 heteroatoms. The lowest BCUT2D eigenvalue weighted by molar-refractivity contribution is -0.131. The zero-order valence-corrected chi connectivity index (χ0v) is 15.0.